The molecule has 0 radical (unpaired) electrons. The first-order chi connectivity index (χ1) is 8.78. The van der Waals surface area contributed by atoms with Crippen LogP contribution in [0.5, 0.6) is 5.88 Å². The highest BCUT2D eigenvalue weighted by atomic mass is 32.1. The Bertz CT molecular complexity index is 502. The summed E-state index contributed by atoms with van der Waals surface area (Å²) in [6.45, 7) is 5.23. The van der Waals surface area contributed by atoms with Crippen LogP contribution in [0.25, 0.3) is 0 Å². The highest BCUT2D eigenvalue weighted by Crippen LogP contribution is 2.12. The van der Waals surface area contributed by atoms with Crippen molar-refractivity contribution in [3.8, 4) is 5.88 Å². The molecule has 0 spiro atoms. The molecule has 2 rings (SSSR count). The van der Waals surface area contributed by atoms with Crippen molar-refractivity contribution in [2.45, 2.75) is 20.3 Å². The Morgan fingerprint density at radius 1 is 1.33 bits per heavy atom. The average molecular weight is 265 g/mol. The van der Waals surface area contributed by atoms with Gasteiger partial charge in [-0.05, 0) is 13.8 Å². The molecule has 0 saturated carbocycles. The molecule has 2 aromatic heterocycles. The molecule has 6 nitrogen and oxygen atoms in total. The predicted octanol–water partition coefficient (Wildman–Crippen LogP) is 1.69. The van der Waals surface area contributed by atoms with Gasteiger partial charge in [0.1, 0.15) is 22.2 Å². The van der Waals surface area contributed by atoms with Gasteiger partial charge >= 0.3 is 0 Å². The number of hydrogen-bond donors (Lipinski definition) is 1. The van der Waals surface area contributed by atoms with Gasteiger partial charge in [-0.15, -0.1) is 21.5 Å². The number of hydrogen-bond acceptors (Lipinski definition) is 7. The number of nitrogens with one attached hydrogen (secondary N) is 1. The van der Waals surface area contributed by atoms with Crippen molar-refractivity contribution in [1.82, 2.24) is 20.2 Å². The third-order valence-electron chi connectivity index (χ3n) is 2.15. The largest absolute Gasteiger partial charge is 0.478 e. The summed E-state index contributed by atoms with van der Waals surface area (Å²) in [5.41, 5.74) is 0. The molecule has 0 atom stereocenters. The zero-order valence-corrected chi connectivity index (χ0v) is 11.2. The van der Waals surface area contributed by atoms with Gasteiger partial charge in [-0.2, -0.15) is 0 Å². The highest BCUT2D eigenvalue weighted by Gasteiger charge is 2.02. The van der Waals surface area contributed by atoms with Gasteiger partial charge in [0.15, 0.2) is 0 Å². The quantitative estimate of drug-likeness (QED) is 0.857. The second-order valence-corrected chi connectivity index (χ2v) is 4.83. The van der Waals surface area contributed by atoms with E-state index < -0.39 is 0 Å². The summed E-state index contributed by atoms with van der Waals surface area (Å²) in [5.74, 6) is 1.34. The third kappa shape index (κ3) is 3.63. The van der Waals surface area contributed by atoms with Crippen LogP contribution >= 0.6 is 11.3 Å². The molecule has 2 heterocycles. The Balaban J connectivity index is 1.84. The van der Waals surface area contributed by atoms with Gasteiger partial charge < -0.3 is 10.1 Å². The van der Waals surface area contributed by atoms with Crippen molar-refractivity contribution >= 4 is 17.2 Å². The van der Waals surface area contributed by atoms with E-state index in [2.05, 4.69) is 25.5 Å². The molecule has 0 saturated heterocycles. The fourth-order valence-electron chi connectivity index (χ4n) is 1.40. The molecule has 0 fully saturated rings. The molecule has 7 heteroatoms. The van der Waals surface area contributed by atoms with Gasteiger partial charge in [-0.25, -0.2) is 9.97 Å². The van der Waals surface area contributed by atoms with E-state index in [1.165, 1.54) is 6.33 Å². The molecule has 0 amide bonds. The second kappa shape index (κ2) is 6.25. The summed E-state index contributed by atoms with van der Waals surface area (Å²) in [4.78, 5) is 8.13. The zero-order chi connectivity index (χ0) is 12.8. The van der Waals surface area contributed by atoms with Crippen LogP contribution in [0, 0.1) is 6.92 Å². The standard InChI is InChI=1S/C11H15N5OS/c1-3-17-10-6-9(13-7-14-10)12-5-4-11-16-15-8(2)18-11/h6-7H,3-5H2,1-2H3,(H,12,13,14). The van der Waals surface area contributed by atoms with E-state index in [-0.39, 0.29) is 0 Å². The first-order valence-corrected chi connectivity index (χ1v) is 6.57. The Morgan fingerprint density at radius 3 is 2.94 bits per heavy atom. The van der Waals surface area contributed by atoms with Gasteiger partial charge in [0, 0.05) is 19.0 Å². The van der Waals surface area contributed by atoms with Crippen LogP contribution < -0.4 is 10.1 Å². The van der Waals surface area contributed by atoms with Crippen LogP contribution in [-0.4, -0.2) is 33.3 Å². The predicted molar refractivity (Wildman–Crippen MR) is 70.0 cm³/mol. The van der Waals surface area contributed by atoms with E-state index in [0.717, 1.165) is 28.8 Å². The molecule has 1 N–H and O–H groups in total. The van der Waals surface area contributed by atoms with E-state index in [1.807, 2.05) is 13.8 Å². The summed E-state index contributed by atoms with van der Waals surface area (Å²) in [6, 6.07) is 1.79. The molecular formula is C11H15N5OS. The van der Waals surface area contributed by atoms with Crippen molar-refractivity contribution in [2.75, 3.05) is 18.5 Å². The summed E-state index contributed by atoms with van der Waals surface area (Å²) in [6.07, 6.45) is 2.32. The molecule has 2 aromatic rings. The zero-order valence-electron chi connectivity index (χ0n) is 10.4. The van der Waals surface area contributed by atoms with Crippen LogP contribution in [0.2, 0.25) is 0 Å². The van der Waals surface area contributed by atoms with E-state index >= 15 is 0 Å². The van der Waals surface area contributed by atoms with Gasteiger partial charge in [0.05, 0.1) is 6.61 Å². The lowest BCUT2D eigenvalue weighted by atomic mass is 10.4. The van der Waals surface area contributed by atoms with Crippen molar-refractivity contribution in [1.29, 1.82) is 0 Å². The topological polar surface area (TPSA) is 72.8 Å². The molecule has 0 aliphatic rings. The van der Waals surface area contributed by atoms with Crippen molar-refractivity contribution in [3.05, 3.63) is 22.4 Å². The second-order valence-electron chi connectivity index (χ2n) is 3.57. The first-order valence-electron chi connectivity index (χ1n) is 5.75. The van der Waals surface area contributed by atoms with E-state index in [9.17, 15) is 0 Å². The number of rotatable bonds is 6. The normalized spacial score (nSPS) is 10.3. The van der Waals surface area contributed by atoms with E-state index in [0.29, 0.717) is 12.5 Å². The van der Waals surface area contributed by atoms with Crippen LogP contribution in [0.4, 0.5) is 5.82 Å². The maximum absolute atomic E-state index is 5.30. The number of aryl methyl sites for hydroxylation is 1. The Morgan fingerprint density at radius 2 is 2.22 bits per heavy atom. The monoisotopic (exact) mass is 265 g/mol. The summed E-state index contributed by atoms with van der Waals surface area (Å²) in [5, 5.41) is 13.3. The molecule has 18 heavy (non-hydrogen) atoms. The fraction of sp³-hybridized carbons (Fsp3) is 0.455. The lowest BCUT2D eigenvalue weighted by molar-refractivity contribution is 0.326. The van der Waals surface area contributed by atoms with Gasteiger partial charge in [0.2, 0.25) is 5.88 Å². The Labute approximate surface area is 109 Å². The molecule has 0 aromatic carbocycles. The SMILES string of the molecule is CCOc1cc(NCCc2nnc(C)s2)ncn1. The third-order valence-corrected chi connectivity index (χ3v) is 3.05. The van der Waals surface area contributed by atoms with E-state index in [1.54, 1.807) is 17.4 Å². The molecule has 96 valence electrons. The molecule has 0 aliphatic carbocycles. The molecule has 0 unspecified atom stereocenters. The maximum Gasteiger partial charge on any atom is 0.218 e. The summed E-state index contributed by atoms with van der Waals surface area (Å²) in [7, 11) is 0. The van der Waals surface area contributed by atoms with Crippen molar-refractivity contribution in [3.63, 3.8) is 0 Å². The van der Waals surface area contributed by atoms with Crippen LogP contribution in [-0.2, 0) is 6.42 Å². The maximum atomic E-state index is 5.30. The van der Waals surface area contributed by atoms with Crippen LogP contribution in [0.1, 0.15) is 16.9 Å². The van der Waals surface area contributed by atoms with Crippen LogP contribution in [0.3, 0.4) is 0 Å². The van der Waals surface area contributed by atoms with Gasteiger partial charge in [-0.3, -0.25) is 0 Å². The lowest BCUT2D eigenvalue weighted by Gasteiger charge is -2.05. The number of anilines is 1. The Hall–Kier alpha value is -1.76. The van der Waals surface area contributed by atoms with Gasteiger partial charge in [-0.1, -0.05) is 0 Å². The fourth-order valence-corrected chi connectivity index (χ4v) is 2.11. The van der Waals surface area contributed by atoms with Gasteiger partial charge in [0.25, 0.3) is 0 Å². The first kappa shape index (κ1) is 12.7. The number of nitrogens with zero attached hydrogens (tertiary/aromatic N) is 4. The highest BCUT2D eigenvalue weighted by molar-refractivity contribution is 7.11. The minimum atomic E-state index is 0.585. The van der Waals surface area contributed by atoms with Crippen molar-refractivity contribution in [2.24, 2.45) is 0 Å². The minimum Gasteiger partial charge on any atom is -0.478 e. The summed E-state index contributed by atoms with van der Waals surface area (Å²) < 4.78 is 5.30. The molecule has 0 aliphatic heterocycles. The van der Waals surface area contributed by atoms with Crippen LogP contribution in [0.15, 0.2) is 12.4 Å². The molecule has 0 bridgehead atoms. The summed E-state index contributed by atoms with van der Waals surface area (Å²) >= 11 is 1.61. The average Bonchev–Trinajstić information content (AvgIpc) is 2.76. The molecular weight excluding hydrogens is 250 g/mol. The van der Waals surface area contributed by atoms with Crippen molar-refractivity contribution < 1.29 is 4.74 Å². The Kier molecular flexibility index (Phi) is 4.40. The number of aromatic nitrogens is 4. The minimum absolute atomic E-state index is 0.585. The van der Waals surface area contributed by atoms with E-state index in [4.69, 9.17) is 4.74 Å². The number of ether oxygens (including phenoxy) is 1. The smallest absolute Gasteiger partial charge is 0.218 e. The lowest BCUT2D eigenvalue weighted by Crippen LogP contribution is -2.07.